The summed E-state index contributed by atoms with van der Waals surface area (Å²) in [6, 6.07) is 11.8. The Kier molecular flexibility index (Phi) is 6.16. The summed E-state index contributed by atoms with van der Waals surface area (Å²) in [6.45, 7) is 0.343. The second kappa shape index (κ2) is 8.56. The van der Waals surface area contributed by atoms with Crippen LogP contribution in [0.1, 0.15) is 23.2 Å². The van der Waals surface area contributed by atoms with Gasteiger partial charge < -0.3 is 14.8 Å². The highest BCUT2D eigenvalue weighted by molar-refractivity contribution is 9.10. The smallest absolute Gasteiger partial charge is 0.338 e. The van der Waals surface area contributed by atoms with Gasteiger partial charge in [-0.1, -0.05) is 11.6 Å². The third-order valence-corrected chi connectivity index (χ3v) is 4.66. The molecule has 7 heteroatoms. The van der Waals surface area contributed by atoms with Gasteiger partial charge in [-0.15, -0.1) is 0 Å². The van der Waals surface area contributed by atoms with Crippen molar-refractivity contribution in [3.8, 4) is 5.75 Å². The van der Waals surface area contributed by atoms with Crippen LogP contribution in [0.4, 0.5) is 5.69 Å². The molecule has 0 aliphatic heterocycles. The molecule has 0 spiro atoms. The fourth-order valence-electron chi connectivity index (χ4n) is 2.24. The van der Waals surface area contributed by atoms with Gasteiger partial charge in [0.2, 0.25) is 5.91 Å². The summed E-state index contributed by atoms with van der Waals surface area (Å²) in [5, 5.41) is 3.43. The molecule has 0 radical (unpaired) electrons. The molecule has 136 valence electrons. The van der Waals surface area contributed by atoms with Crippen LogP contribution in [0, 0.1) is 5.92 Å². The summed E-state index contributed by atoms with van der Waals surface area (Å²) in [6.07, 6.45) is 1.90. The number of hydrogen-bond acceptors (Lipinski definition) is 4. The second-order valence-corrected chi connectivity index (χ2v) is 7.19. The number of hydrogen-bond donors (Lipinski definition) is 1. The molecule has 0 aromatic heterocycles. The van der Waals surface area contributed by atoms with E-state index in [1.807, 2.05) is 0 Å². The molecule has 0 atom stereocenters. The van der Waals surface area contributed by atoms with Gasteiger partial charge in [0.15, 0.2) is 0 Å². The fraction of sp³-hybridized carbons (Fsp3) is 0.263. The van der Waals surface area contributed by atoms with Crippen molar-refractivity contribution in [2.75, 3.05) is 18.5 Å². The third-order valence-electron chi connectivity index (χ3n) is 3.80. The zero-order valence-electron chi connectivity index (χ0n) is 13.8. The van der Waals surface area contributed by atoms with Crippen LogP contribution in [0.5, 0.6) is 5.75 Å². The number of benzene rings is 2. The lowest BCUT2D eigenvalue weighted by atomic mass is 10.2. The second-order valence-electron chi connectivity index (χ2n) is 5.90. The number of nitrogens with one attached hydrogen (secondary N) is 1. The van der Waals surface area contributed by atoms with Gasteiger partial charge in [-0.2, -0.15) is 0 Å². The molecule has 0 unspecified atom stereocenters. The lowest BCUT2D eigenvalue weighted by Gasteiger charge is -2.09. The minimum Gasteiger partial charge on any atom is -0.489 e. The van der Waals surface area contributed by atoms with Crippen LogP contribution in [-0.2, 0) is 9.53 Å². The zero-order valence-corrected chi connectivity index (χ0v) is 16.2. The van der Waals surface area contributed by atoms with Crippen LogP contribution < -0.4 is 10.1 Å². The molecule has 2 aromatic carbocycles. The summed E-state index contributed by atoms with van der Waals surface area (Å²) in [7, 11) is 0. The fourth-order valence-corrected chi connectivity index (χ4v) is 3.04. The maximum Gasteiger partial charge on any atom is 0.338 e. The van der Waals surface area contributed by atoms with Gasteiger partial charge in [0, 0.05) is 16.6 Å². The van der Waals surface area contributed by atoms with E-state index in [0.29, 0.717) is 22.0 Å². The highest BCUT2D eigenvalue weighted by atomic mass is 79.9. The summed E-state index contributed by atoms with van der Waals surface area (Å²) in [4.78, 5) is 23.7. The van der Waals surface area contributed by atoms with Crippen molar-refractivity contribution in [3.63, 3.8) is 0 Å². The number of carbonyl (C=O) groups is 2. The van der Waals surface area contributed by atoms with Crippen LogP contribution in [-0.4, -0.2) is 25.1 Å². The van der Waals surface area contributed by atoms with Crippen molar-refractivity contribution in [1.29, 1.82) is 0 Å². The molecular formula is C19H17BrClNO4. The minimum atomic E-state index is -0.441. The molecule has 1 aliphatic rings. The van der Waals surface area contributed by atoms with E-state index in [-0.39, 0.29) is 25.0 Å². The molecule has 26 heavy (non-hydrogen) atoms. The maximum atomic E-state index is 12.0. The molecule has 1 N–H and O–H groups in total. The van der Waals surface area contributed by atoms with Crippen molar-refractivity contribution in [2.45, 2.75) is 12.8 Å². The summed E-state index contributed by atoms with van der Waals surface area (Å²) in [5.74, 6) is 0.358. The minimum absolute atomic E-state index is 0.0332. The zero-order chi connectivity index (χ0) is 18.5. The SMILES string of the molecule is O=C(OCCOc1ccc(Cl)cc1Br)c1ccc(NC(=O)C2CC2)cc1. The number of carbonyl (C=O) groups excluding carboxylic acids is 2. The molecule has 5 nitrogen and oxygen atoms in total. The highest BCUT2D eigenvalue weighted by Gasteiger charge is 2.29. The van der Waals surface area contributed by atoms with E-state index >= 15 is 0 Å². The van der Waals surface area contributed by atoms with Crippen LogP contribution in [0.25, 0.3) is 0 Å². The molecule has 2 aromatic rings. The maximum absolute atomic E-state index is 12.0. The van der Waals surface area contributed by atoms with Gasteiger partial charge in [-0.3, -0.25) is 4.79 Å². The first kappa shape index (κ1) is 18.7. The summed E-state index contributed by atoms with van der Waals surface area (Å²) in [5.41, 5.74) is 1.09. The van der Waals surface area contributed by atoms with E-state index in [1.165, 1.54) is 0 Å². The van der Waals surface area contributed by atoms with Crippen molar-refractivity contribution in [2.24, 2.45) is 5.92 Å². The molecule has 1 saturated carbocycles. The van der Waals surface area contributed by atoms with E-state index in [4.69, 9.17) is 21.1 Å². The van der Waals surface area contributed by atoms with E-state index in [1.54, 1.807) is 42.5 Å². The lowest BCUT2D eigenvalue weighted by Crippen LogP contribution is -2.14. The average molecular weight is 439 g/mol. The Balaban J connectivity index is 1.43. The molecule has 0 saturated heterocycles. The van der Waals surface area contributed by atoms with Crippen molar-refractivity contribution >= 4 is 45.1 Å². The van der Waals surface area contributed by atoms with Crippen molar-refractivity contribution in [3.05, 3.63) is 57.5 Å². The van der Waals surface area contributed by atoms with Crippen LogP contribution >= 0.6 is 27.5 Å². The molecule has 0 heterocycles. The number of rotatable bonds is 7. The summed E-state index contributed by atoms with van der Waals surface area (Å²) < 4.78 is 11.5. The van der Waals surface area contributed by atoms with Gasteiger partial charge in [0.25, 0.3) is 0 Å². The van der Waals surface area contributed by atoms with Crippen LogP contribution in [0.15, 0.2) is 46.9 Å². The predicted octanol–water partition coefficient (Wildman–Crippen LogP) is 4.69. The molecule has 3 rings (SSSR count). The molecule has 1 fully saturated rings. The largest absolute Gasteiger partial charge is 0.489 e. The summed E-state index contributed by atoms with van der Waals surface area (Å²) >= 11 is 9.22. The Bertz CT molecular complexity index is 806. The Morgan fingerprint density at radius 1 is 1.12 bits per heavy atom. The number of esters is 1. The van der Waals surface area contributed by atoms with Gasteiger partial charge >= 0.3 is 5.97 Å². The number of halogens is 2. The van der Waals surface area contributed by atoms with Crippen molar-refractivity contribution in [1.82, 2.24) is 0 Å². The van der Waals surface area contributed by atoms with E-state index in [0.717, 1.165) is 17.3 Å². The Morgan fingerprint density at radius 3 is 2.50 bits per heavy atom. The normalized spacial score (nSPS) is 13.2. The quantitative estimate of drug-likeness (QED) is 0.503. The van der Waals surface area contributed by atoms with Crippen LogP contribution in [0.2, 0.25) is 5.02 Å². The standard InChI is InChI=1S/C19H17BrClNO4/c20-16-11-14(21)5-8-17(16)25-9-10-26-19(24)13-3-6-15(7-4-13)22-18(23)12-1-2-12/h3-8,11-12H,1-2,9-10H2,(H,22,23). The van der Waals surface area contributed by atoms with Gasteiger partial charge in [0.1, 0.15) is 19.0 Å². The van der Waals surface area contributed by atoms with Crippen molar-refractivity contribution < 1.29 is 19.1 Å². The average Bonchev–Trinajstić information content (AvgIpc) is 3.46. The number of anilines is 1. The first-order valence-electron chi connectivity index (χ1n) is 8.19. The van der Waals surface area contributed by atoms with E-state index in [9.17, 15) is 9.59 Å². The Hall–Kier alpha value is -2.05. The first-order valence-corrected chi connectivity index (χ1v) is 9.36. The van der Waals surface area contributed by atoms with Gasteiger partial charge in [0.05, 0.1) is 10.0 Å². The Labute approximate surface area is 164 Å². The monoisotopic (exact) mass is 437 g/mol. The van der Waals surface area contributed by atoms with Crippen LogP contribution in [0.3, 0.4) is 0 Å². The lowest BCUT2D eigenvalue weighted by molar-refractivity contribution is -0.117. The van der Waals surface area contributed by atoms with Gasteiger partial charge in [-0.25, -0.2) is 4.79 Å². The Morgan fingerprint density at radius 2 is 1.85 bits per heavy atom. The van der Waals surface area contributed by atoms with Gasteiger partial charge in [-0.05, 0) is 71.2 Å². The molecule has 1 amide bonds. The number of ether oxygens (including phenoxy) is 2. The van der Waals surface area contributed by atoms with E-state index in [2.05, 4.69) is 21.2 Å². The van der Waals surface area contributed by atoms with E-state index < -0.39 is 5.97 Å². The highest BCUT2D eigenvalue weighted by Crippen LogP contribution is 2.30. The topological polar surface area (TPSA) is 64.6 Å². The third kappa shape index (κ3) is 5.22. The molecule has 1 aliphatic carbocycles. The molecular weight excluding hydrogens is 422 g/mol. The predicted molar refractivity (Wildman–Crippen MR) is 103 cm³/mol. The first-order chi connectivity index (χ1) is 12.5. The number of amides is 1. The molecule has 0 bridgehead atoms.